The van der Waals surface area contributed by atoms with E-state index in [-0.39, 0.29) is 0 Å². The first-order chi connectivity index (χ1) is 7.77. The number of rotatable bonds is 1. The van der Waals surface area contributed by atoms with Crippen LogP contribution >= 0.6 is 0 Å². The van der Waals surface area contributed by atoms with Gasteiger partial charge in [-0.3, -0.25) is 0 Å². The van der Waals surface area contributed by atoms with E-state index >= 15 is 0 Å². The highest BCUT2D eigenvalue weighted by Crippen LogP contribution is 2.26. The summed E-state index contributed by atoms with van der Waals surface area (Å²) in [6, 6.07) is 8.57. The topological polar surface area (TPSA) is 0 Å². The minimum absolute atomic E-state index is 0.676. The zero-order valence-electron chi connectivity index (χ0n) is 10.8. The molecular formula is C16H22. The highest BCUT2D eigenvalue weighted by atomic mass is 14.1. The van der Waals surface area contributed by atoms with Gasteiger partial charge in [0.05, 0.1) is 0 Å². The molecule has 1 aliphatic rings. The molecule has 0 N–H and O–H groups in total. The van der Waals surface area contributed by atoms with Gasteiger partial charge in [0, 0.05) is 0 Å². The second-order valence-corrected chi connectivity index (χ2v) is 4.05. The molecule has 0 aliphatic heterocycles. The molecule has 0 saturated carbocycles. The molecule has 0 saturated heterocycles. The second-order valence-electron chi connectivity index (χ2n) is 4.05. The Balaban J connectivity index is 0.000000606. The third kappa shape index (κ3) is 3.10. The van der Waals surface area contributed by atoms with Gasteiger partial charge in [0.2, 0.25) is 0 Å². The largest absolute Gasteiger partial charge is 0.0834 e. The van der Waals surface area contributed by atoms with Crippen LogP contribution in [0.1, 0.15) is 38.3 Å². The fraction of sp³-hybridized carbons (Fsp3) is 0.375. The van der Waals surface area contributed by atoms with E-state index in [2.05, 4.69) is 56.3 Å². The highest BCUT2D eigenvalue weighted by Gasteiger charge is 2.07. The summed E-state index contributed by atoms with van der Waals surface area (Å²) < 4.78 is 0. The average Bonchev–Trinajstić information content (AvgIpc) is 2.32. The Hall–Kier alpha value is -1.30. The number of benzene rings is 1. The van der Waals surface area contributed by atoms with Crippen LogP contribution in [0, 0.1) is 12.8 Å². The molecule has 16 heavy (non-hydrogen) atoms. The van der Waals surface area contributed by atoms with Crippen molar-refractivity contribution >= 4 is 5.57 Å². The summed E-state index contributed by atoms with van der Waals surface area (Å²) in [5, 5.41) is 0. The van der Waals surface area contributed by atoms with Crippen molar-refractivity contribution in [2.45, 2.75) is 34.1 Å². The Morgan fingerprint density at radius 3 is 2.44 bits per heavy atom. The molecule has 2 rings (SSSR count). The summed E-state index contributed by atoms with van der Waals surface area (Å²) in [6.07, 6.45) is 8.05. The van der Waals surface area contributed by atoms with Crippen molar-refractivity contribution in [1.82, 2.24) is 0 Å². The second kappa shape index (κ2) is 6.32. The lowest BCUT2D eigenvalue weighted by Crippen LogP contribution is -1.96. The normalized spacial score (nSPS) is 18.5. The van der Waals surface area contributed by atoms with Crippen LogP contribution in [0.2, 0.25) is 0 Å². The standard InChI is InChI=1S/C14H16.C2H6/c1-11-6-5-8-13(10-11)14-9-4-3-7-12(14)2;1-2/h3-5,7-11H,6H2,1-2H3;1-2H3. The van der Waals surface area contributed by atoms with Gasteiger partial charge in [0.15, 0.2) is 0 Å². The van der Waals surface area contributed by atoms with E-state index in [0.29, 0.717) is 5.92 Å². The van der Waals surface area contributed by atoms with E-state index in [4.69, 9.17) is 0 Å². The number of allylic oxidation sites excluding steroid dienone is 4. The van der Waals surface area contributed by atoms with Gasteiger partial charge in [0.25, 0.3) is 0 Å². The lowest BCUT2D eigenvalue weighted by atomic mass is 9.91. The highest BCUT2D eigenvalue weighted by molar-refractivity contribution is 5.76. The molecule has 0 radical (unpaired) electrons. The summed E-state index contributed by atoms with van der Waals surface area (Å²) in [4.78, 5) is 0. The van der Waals surface area contributed by atoms with E-state index in [9.17, 15) is 0 Å². The van der Waals surface area contributed by atoms with Crippen molar-refractivity contribution in [2.75, 3.05) is 0 Å². The molecule has 0 aromatic heterocycles. The van der Waals surface area contributed by atoms with Gasteiger partial charge in [-0.1, -0.05) is 63.3 Å². The molecule has 1 unspecified atom stereocenters. The number of aryl methyl sites for hydroxylation is 1. The maximum absolute atomic E-state index is 2.36. The Morgan fingerprint density at radius 1 is 1.12 bits per heavy atom. The molecular weight excluding hydrogens is 192 g/mol. The third-order valence-corrected chi connectivity index (χ3v) is 2.73. The van der Waals surface area contributed by atoms with Gasteiger partial charge in [-0.2, -0.15) is 0 Å². The fourth-order valence-corrected chi connectivity index (χ4v) is 1.92. The molecule has 0 fully saturated rings. The lowest BCUT2D eigenvalue weighted by Gasteiger charge is -2.14. The summed E-state index contributed by atoms with van der Waals surface area (Å²) in [5.41, 5.74) is 4.11. The maximum Gasteiger partial charge on any atom is -0.0158 e. The quantitative estimate of drug-likeness (QED) is 0.617. The first kappa shape index (κ1) is 12.8. The molecule has 0 spiro atoms. The molecule has 0 nitrogen and oxygen atoms in total. The van der Waals surface area contributed by atoms with Gasteiger partial charge in [-0.25, -0.2) is 0 Å². The van der Waals surface area contributed by atoms with Crippen molar-refractivity contribution in [1.29, 1.82) is 0 Å². The van der Waals surface area contributed by atoms with Gasteiger partial charge in [-0.05, 0) is 36.0 Å². The zero-order valence-corrected chi connectivity index (χ0v) is 10.8. The van der Waals surface area contributed by atoms with Crippen molar-refractivity contribution in [3.8, 4) is 0 Å². The van der Waals surface area contributed by atoms with E-state index in [1.54, 1.807) is 0 Å². The van der Waals surface area contributed by atoms with Gasteiger partial charge in [-0.15, -0.1) is 0 Å². The van der Waals surface area contributed by atoms with Crippen molar-refractivity contribution < 1.29 is 0 Å². The molecule has 1 aromatic rings. The molecule has 1 aromatic carbocycles. The van der Waals surface area contributed by atoms with Crippen LogP contribution in [0.4, 0.5) is 0 Å². The van der Waals surface area contributed by atoms with E-state index < -0.39 is 0 Å². The lowest BCUT2D eigenvalue weighted by molar-refractivity contribution is 0.740. The summed E-state index contributed by atoms with van der Waals surface area (Å²) in [6.45, 7) is 8.44. The summed E-state index contributed by atoms with van der Waals surface area (Å²) >= 11 is 0. The minimum atomic E-state index is 0.676. The Labute approximate surface area is 99.7 Å². The maximum atomic E-state index is 2.36. The van der Waals surface area contributed by atoms with Crippen LogP contribution in [0.3, 0.4) is 0 Å². The van der Waals surface area contributed by atoms with Crippen LogP contribution in [-0.2, 0) is 0 Å². The van der Waals surface area contributed by atoms with Crippen LogP contribution in [-0.4, -0.2) is 0 Å². The van der Waals surface area contributed by atoms with Crippen molar-refractivity contribution in [2.24, 2.45) is 5.92 Å². The van der Waals surface area contributed by atoms with Gasteiger partial charge >= 0.3 is 0 Å². The zero-order chi connectivity index (χ0) is 12.0. The predicted octanol–water partition coefficient (Wildman–Crippen LogP) is 5.00. The van der Waals surface area contributed by atoms with Crippen molar-refractivity contribution in [3.63, 3.8) is 0 Å². The molecule has 0 heteroatoms. The summed E-state index contributed by atoms with van der Waals surface area (Å²) in [7, 11) is 0. The fourth-order valence-electron chi connectivity index (χ4n) is 1.92. The van der Waals surface area contributed by atoms with Crippen LogP contribution < -0.4 is 0 Å². The monoisotopic (exact) mass is 214 g/mol. The smallest absolute Gasteiger partial charge is 0.0158 e. The SMILES string of the molecule is CC.Cc1ccccc1C1=CC(C)CC=C1. The molecule has 0 bridgehead atoms. The minimum Gasteiger partial charge on any atom is -0.0834 e. The van der Waals surface area contributed by atoms with Crippen LogP contribution in [0.25, 0.3) is 5.57 Å². The number of hydrogen-bond acceptors (Lipinski definition) is 0. The van der Waals surface area contributed by atoms with Gasteiger partial charge < -0.3 is 0 Å². The first-order valence-corrected chi connectivity index (χ1v) is 6.22. The molecule has 1 atom stereocenters. The van der Waals surface area contributed by atoms with Crippen molar-refractivity contribution in [3.05, 3.63) is 53.6 Å². The summed E-state index contributed by atoms with van der Waals surface area (Å²) in [5.74, 6) is 0.676. The molecule has 0 amide bonds. The van der Waals surface area contributed by atoms with E-state index in [1.165, 1.54) is 23.1 Å². The first-order valence-electron chi connectivity index (χ1n) is 6.22. The Kier molecular flexibility index (Phi) is 5.04. The molecule has 86 valence electrons. The Morgan fingerprint density at radius 2 is 1.81 bits per heavy atom. The Bertz CT molecular complexity index is 383. The molecule has 1 aliphatic carbocycles. The number of hydrogen-bond donors (Lipinski definition) is 0. The predicted molar refractivity (Wildman–Crippen MR) is 73.4 cm³/mol. The average molecular weight is 214 g/mol. The molecule has 0 heterocycles. The van der Waals surface area contributed by atoms with E-state index in [0.717, 1.165) is 0 Å². The van der Waals surface area contributed by atoms with E-state index in [1.807, 2.05) is 13.8 Å². The third-order valence-electron chi connectivity index (χ3n) is 2.73. The van der Waals surface area contributed by atoms with Crippen LogP contribution in [0.15, 0.2) is 42.5 Å². The van der Waals surface area contributed by atoms with Gasteiger partial charge in [0.1, 0.15) is 0 Å². The van der Waals surface area contributed by atoms with Crippen LogP contribution in [0.5, 0.6) is 0 Å².